The second kappa shape index (κ2) is 4.12. The molecule has 2 aliphatic carbocycles. The molecule has 0 aromatic rings. The average Bonchev–Trinajstić information content (AvgIpc) is 2.59. The minimum atomic E-state index is -0.0775. The second-order valence-corrected chi connectivity index (χ2v) is 5.58. The summed E-state index contributed by atoms with van der Waals surface area (Å²) in [5.41, 5.74) is 5.63. The number of rotatable bonds is 3. The molecule has 0 atom stereocenters. The van der Waals surface area contributed by atoms with Gasteiger partial charge in [0.2, 0.25) is 5.91 Å². The summed E-state index contributed by atoms with van der Waals surface area (Å²) < 4.78 is 0. The number of nitrogens with two attached hydrogens (primary N) is 1. The number of nitrogens with one attached hydrogen (secondary N) is 1. The van der Waals surface area contributed by atoms with Crippen LogP contribution >= 0.6 is 0 Å². The molecule has 86 valence electrons. The molecule has 0 heterocycles. The Kier molecular flexibility index (Phi) is 3.01. The first-order valence-electron chi connectivity index (χ1n) is 6.14. The number of carbonyl (C=O) groups is 1. The molecule has 3 heteroatoms. The normalized spacial score (nSPS) is 33.5. The van der Waals surface area contributed by atoms with Crippen molar-refractivity contribution >= 4 is 5.91 Å². The van der Waals surface area contributed by atoms with Crippen molar-refractivity contribution in [3.63, 3.8) is 0 Å². The van der Waals surface area contributed by atoms with Gasteiger partial charge < -0.3 is 11.1 Å². The molecule has 0 saturated heterocycles. The lowest BCUT2D eigenvalue weighted by Gasteiger charge is -2.33. The summed E-state index contributed by atoms with van der Waals surface area (Å²) in [6.07, 6.45) is 6.69. The third kappa shape index (κ3) is 2.33. The first-order valence-corrected chi connectivity index (χ1v) is 6.14. The van der Waals surface area contributed by atoms with Crippen LogP contribution in [0.25, 0.3) is 0 Å². The van der Waals surface area contributed by atoms with Gasteiger partial charge in [0, 0.05) is 18.0 Å². The Morgan fingerprint density at radius 3 is 2.53 bits per heavy atom. The maximum absolute atomic E-state index is 12.0. The van der Waals surface area contributed by atoms with Gasteiger partial charge in [-0.2, -0.15) is 0 Å². The zero-order valence-corrected chi connectivity index (χ0v) is 9.59. The van der Waals surface area contributed by atoms with Gasteiger partial charge in [-0.25, -0.2) is 0 Å². The van der Waals surface area contributed by atoms with Gasteiger partial charge in [0.25, 0.3) is 0 Å². The Hall–Kier alpha value is -0.570. The highest BCUT2D eigenvalue weighted by molar-refractivity contribution is 5.82. The van der Waals surface area contributed by atoms with Gasteiger partial charge in [0.1, 0.15) is 0 Å². The van der Waals surface area contributed by atoms with Gasteiger partial charge in [0.05, 0.1) is 0 Å². The van der Waals surface area contributed by atoms with Gasteiger partial charge in [-0.05, 0) is 31.6 Å². The molecule has 2 aliphatic rings. The summed E-state index contributed by atoms with van der Waals surface area (Å²) in [6, 6.07) is 0.383. The Morgan fingerprint density at radius 2 is 2.00 bits per heavy atom. The first-order chi connectivity index (χ1) is 7.10. The van der Waals surface area contributed by atoms with E-state index in [1.165, 1.54) is 12.8 Å². The van der Waals surface area contributed by atoms with Crippen molar-refractivity contribution in [2.24, 2.45) is 17.1 Å². The van der Waals surface area contributed by atoms with E-state index in [1.54, 1.807) is 0 Å². The van der Waals surface area contributed by atoms with Gasteiger partial charge in [-0.3, -0.25) is 4.79 Å². The monoisotopic (exact) mass is 210 g/mol. The fourth-order valence-electron chi connectivity index (χ4n) is 2.79. The molecule has 0 aromatic carbocycles. The molecule has 15 heavy (non-hydrogen) atoms. The molecular formula is C12H22N2O. The summed E-state index contributed by atoms with van der Waals surface area (Å²) in [4.78, 5) is 12.0. The zero-order chi connectivity index (χ0) is 10.9. The van der Waals surface area contributed by atoms with E-state index in [2.05, 4.69) is 12.2 Å². The van der Waals surface area contributed by atoms with E-state index in [4.69, 9.17) is 5.73 Å². The molecule has 0 aliphatic heterocycles. The number of carbonyl (C=O) groups excluding carboxylic acids is 1. The van der Waals surface area contributed by atoms with E-state index >= 15 is 0 Å². The lowest BCUT2D eigenvalue weighted by atomic mass is 9.80. The Bertz CT molecular complexity index is 240. The van der Waals surface area contributed by atoms with E-state index in [-0.39, 0.29) is 11.3 Å². The molecule has 0 radical (unpaired) electrons. The van der Waals surface area contributed by atoms with Crippen LogP contribution in [0.15, 0.2) is 0 Å². The molecule has 2 rings (SSSR count). The fourth-order valence-corrected chi connectivity index (χ4v) is 2.79. The Morgan fingerprint density at radius 1 is 1.40 bits per heavy atom. The average molecular weight is 210 g/mol. The van der Waals surface area contributed by atoms with E-state index in [0.29, 0.717) is 12.0 Å². The predicted octanol–water partition coefficient (Wildman–Crippen LogP) is 1.42. The summed E-state index contributed by atoms with van der Waals surface area (Å²) in [5.74, 6) is 0.898. The first kappa shape index (κ1) is 10.9. The van der Waals surface area contributed by atoms with Crippen LogP contribution in [0.5, 0.6) is 0 Å². The molecule has 2 saturated carbocycles. The van der Waals surface area contributed by atoms with Gasteiger partial charge >= 0.3 is 0 Å². The van der Waals surface area contributed by atoms with Crippen LogP contribution in [0.2, 0.25) is 0 Å². The highest BCUT2D eigenvalue weighted by atomic mass is 16.2. The van der Waals surface area contributed by atoms with E-state index in [1.807, 2.05) is 0 Å². The molecule has 0 bridgehead atoms. The topological polar surface area (TPSA) is 55.1 Å². The maximum Gasteiger partial charge on any atom is 0.225 e. The van der Waals surface area contributed by atoms with Gasteiger partial charge in [-0.15, -0.1) is 0 Å². The van der Waals surface area contributed by atoms with Crippen molar-refractivity contribution in [3.8, 4) is 0 Å². The number of amides is 1. The molecule has 1 amide bonds. The second-order valence-electron chi connectivity index (χ2n) is 5.58. The SMILES string of the molecule is CC1(C(=O)NCC2CC(N)C2)CCCC1. The summed E-state index contributed by atoms with van der Waals surface area (Å²) in [6.45, 7) is 2.93. The summed E-state index contributed by atoms with van der Waals surface area (Å²) >= 11 is 0. The van der Waals surface area contributed by atoms with Crippen molar-refractivity contribution in [1.82, 2.24) is 5.32 Å². The van der Waals surface area contributed by atoms with Crippen LogP contribution in [0.3, 0.4) is 0 Å². The van der Waals surface area contributed by atoms with Crippen LogP contribution in [0.4, 0.5) is 0 Å². The fraction of sp³-hybridized carbons (Fsp3) is 0.917. The van der Waals surface area contributed by atoms with E-state index in [0.717, 1.165) is 32.2 Å². The summed E-state index contributed by atoms with van der Waals surface area (Å²) in [5, 5.41) is 3.09. The molecule has 3 nitrogen and oxygen atoms in total. The summed E-state index contributed by atoms with van der Waals surface area (Å²) in [7, 11) is 0. The van der Waals surface area contributed by atoms with Crippen LogP contribution in [-0.2, 0) is 4.79 Å². The van der Waals surface area contributed by atoms with Gasteiger partial charge in [0.15, 0.2) is 0 Å². The van der Waals surface area contributed by atoms with Crippen molar-refractivity contribution in [2.45, 2.75) is 51.5 Å². The smallest absolute Gasteiger partial charge is 0.225 e. The van der Waals surface area contributed by atoms with Crippen LogP contribution in [0.1, 0.15) is 45.4 Å². The molecule has 0 unspecified atom stereocenters. The molecule has 0 aromatic heterocycles. The Labute approximate surface area is 91.8 Å². The highest BCUT2D eigenvalue weighted by Crippen LogP contribution is 2.37. The minimum absolute atomic E-state index is 0.0775. The van der Waals surface area contributed by atoms with Crippen molar-refractivity contribution in [2.75, 3.05) is 6.54 Å². The molecule has 3 N–H and O–H groups in total. The highest BCUT2D eigenvalue weighted by Gasteiger charge is 2.36. The third-order valence-electron chi connectivity index (χ3n) is 4.08. The van der Waals surface area contributed by atoms with Crippen molar-refractivity contribution < 1.29 is 4.79 Å². The van der Waals surface area contributed by atoms with Crippen LogP contribution < -0.4 is 11.1 Å². The van der Waals surface area contributed by atoms with Crippen molar-refractivity contribution in [3.05, 3.63) is 0 Å². The standard InChI is InChI=1S/C12H22N2O/c1-12(4-2-3-5-12)11(15)14-8-9-6-10(13)7-9/h9-10H,2-8,13H2,1H3,(H,14,15). The van der Waals surface area contributed by atoms with Gasteiger partial charge in [-0.1, -0.05) is 19.8 Å². The quantitative estimate of drug-likeness (QED) is 0.740. The minimum Gasteiger partial charge on any atom is -0.355 e. The van der Waals surface area contributed by atoms with Crippen molar-refractivity contribution in [1.29, 1.82) is 0 Å². The van der Waals surface area contributed by atoms with E-state index < -0.39 is 0 Å². The zero-order valence-electron chi connectivity index (χ0n) is 9.59. The maximum atomic E-state index is 12.0. The predicted molar refractivity (Wildman–Crippen MR) is 60.3 cm³/mol. The lowest BCUT2D eigenvalue weighted by Crippen LogP contribution is -2.45. The van der Waals surface area contributed by atoms with Crippen LogP contribution in [0, 0.1) is 11.3 Å². The molecule has 0 spiro atoms. The third-order valence-corrected chi connectivity index (χ3v) is 4.08. The van der Waals surface area contributed by atoms with E-state index in [9.17, 15) is 4.79 Å². The number of hydrogen-bond donors (Lipinski definition) is 2. The largest absolute Gasteiger partial charge is 0.355 e. The molecular weight excluding hydrogens is 188 g/mol. The Balaban J connectivity index is 1.72. The lowest BCUT2D eigenvalue weighted by molar-refractivity contribution is -0.130. The molecule has 2 fully saturated rings. The number of hydrogen-bond acceptors (Lipinski definition) is 2. The van der Waals surface area contributed by atoms with Crippen LogP contribution in [-0.4, -0.2) is 18.5 Å².